The Hall–Kier alpha value is -1.83. The van der Waals surface area contributed by atoms with E-state index in [0.29, 0.717) is 25.3 Å². The first-order valence-electron chi connectivity index (χ1n) is 6.63. The van der Waals surface area contributed by atoms with Crippen LogP contribution in [0.2, 0.25) is 0 Å². The highest BCUT2D eigenvalue weighted by Crippen LogP contribution is 2.12. The van der Waals surface area contributed by atoms with E-state index in [1.807, 2.05) is 19.9 Å². The van der Waals surface area contributed by atoms with E-state index in [-0.39, 0.29) is 12.5 Å². The van der Waals surface area contributed by atoms with Crippen LogP contribution in [-0.2, 0) is 4.74 Å². The summed E-state index contributed by atoms with van der Waals surface area (Å²) in [5.74, 6) is 5.40. The summed E-state index contributed by atoms with van der Waals surface area (Å²) in [5, 5.41) is 8.74. The third-order valence-electron chi connectivity index (χ3n) is 2.91. The Kier molecular flexibility index (Phi) is 6.78. The van der Waals surface area contributed by atoms with Crippen molar-refractivity contribution in [1.29, 1.82) is 0 Å². The number of nitrogens with zero attached hydrogens (tertiary/aromatic N) is 1. The molecule has 0 aromatic heterocycles. The van der Waals surface area contributed by atoms with Gasteiger partial charge in [-0.15, -0.1) is 0 Å². The molecule has 0 fully saturated rings. The van der Waals surface area contributed by atoms with E-state index in [9.17, 15) is 4.79 Å². The lowest BCUT2D eigenvalue weighted by Gasteiger charge is -2.17. The molecular weight excluding hydrogens is 254 g/mol. The summed E-state index contributed by atoms with van der Waals surface area (Å²) in [4.78, 5) is 13.9. The molecular formula is C16H21NO3. The molecule has 1 N–H and O–H groups in total. The Morgan fingerprint density at radius 3 is 2.85 bits per heavy atom. The van der Waals surface area contributed by atoms with Crippen molar-refractivity contribution >= 4 is 5.91 Å². The fourth-order valence-electron chi connectivity index (χ4n) is 1.69. The third kappa shape index (κ3) is 4.69. The summed E-state index contributed by atoms with van der Waals surface area (Å²) in [6, 6.07) is 5.42. The zero-order chi connectivity index (χ0) is 15.0. The predicted octanol–water partition coefficient (Wildman–Crippen LogP) is 1.45. The van der Waals surface area contributed by atoms with Gasteiger partial charge in [0.1, 0.15) is 6.61 Å². The maximum atomic E-state index is 12.2. The highest BCUT2D eigenvalue weighted by atomic mass is 16.5. The molecule has 0 saturated carbocycles. The third-order valence-corrected chi connectivity index (χ3v) is 2.91. The number of aliphatic hydroxyl groups is 1. The lowest BCUT2D eigenvalue weighted by Crippen LogP contribution is -2.30. The van der Waals surface area contributed by atoms with Gasteiger partial charge in [-0.2, -0.15) is 0 Å². The predicted molar refractivity (Wildman–Crippen MR) is 78.6 cm³/mol. The van der Waals surface area contributed by atoms with Crippen molar-refractivity contribution in [3.8, 4) is 11.8 Å². The van der Waals surface area contributed by atoms with E-state index in [1.54, 1.807) is 24.1 Å². The molecule has 0 unspecified atom stereocenters. The molecule has 4 heteroatoms. The molecule has 0 aliphatic rings. The van der Waals surface area contributed by atoms with Crippen molar-refractivity contribution in [2.75, 3.05) is 33.4 Å². The minimum absolute atomic E-state index is 0.0586. The van der Waals surface area contributed by atoms with Crippen molar-refractivity contribution in [2.45, 2.75) is 13.8 Å². The molecule has 0 atom stereocenters. The summed E-state index contributed by atoms with van der Waals surface area (Å²) in [6.45, 7) is 5.39. The van der Waals surface area contributed by atoms with E-state index >= 15 is 0 Å². The van der Waals surface area contributed by atoms with Crippen LogP contribution < -0.4 is 0 Å². The molecule has 0 spiro atoms. The number of aryl methyl sites for hydroxylation is 1. The van der Waals surface area contributed by atoms with Crippen molar-refractivity contribution in [2.24, 2.45) is 0 Å². The fraction of sp³-hybridized carbons (Fsp3) is 0.438. The van der Waals surface area contributed by atoms with Crippen LogP contribution in [0.4, 0.5) is 0 Å². The highest BCUT2D eigenvalue weighted by Gasteiger charge is 2.12. The van der Waals surface area contributed by atoms with Crippen molar-refractivity contribution in [3.05, 3.63) is 34.9 Å². The van der Waals surface area contributed by atoms with Gasteiger partial charge in [-0.1, -0.05) is 17.9 Å². The Bertz CT molecular complexity index is 514. The summed E-state index contributed by atoms with van der Waals surface area (Å²) in [7, 11) is 1.75. The SMILES string of the molecule is CCOCCN(C)C(=O)c1ccc(C)c(C#CCO)c1. The van der Waals surface area contributed by atoms with Crippen LogP contribution >= 0.6 is 0 Å². The molecule has 20 heavy (non-hydrogen) atoms. The number of amides is 1. The van der Waals surface area contributed by atoms with Gasteiger partial charge in [-0.3, -0.25) is 4.79 Å². The molecule has 0 radical (unpaired) electrons. The van der Waals surface area contributed by atoms with Crippen LogP contribution in [0.25, 0.3) is 0 Å². The topological polar surface area (TPSA) is 49.8 Å². The quantitative estimate of drug-likeness (QED) is 0.653. The average molecular weight is 275 g/mol. The Morgan fingerprint density at radius 1 is 1.45 bits per heavy atom. The summed E-state index contributed by atoms with van der Waals surface area (Å²) < 4.78 is 5.24. The monoisotopic (exact) mass is 275 g/mol. The first-order chi connectivity index (χ1) is 9.60. The first-order valence-corrected chi connectivity index (χ1v) is 6.63. The second-order valence-electron chi connectivity index (χ2n) is 4.41. The number of rotatable bonds is 5. The molecule has 1 aromatic rings. The number of carbonyl (C=O) groups is 1. The Balaban J connectivity index is 2.82. The number of likely N-dealkylation sites (N-methyl/N-ethyl adjacent to an activating group) is 1. The van der Waals surface area contributed by atoms with Crippen molar-refractivity contribution in [1.82, 2.24) is 4.90 Å². The number of ether oxygens (including phenoxy) is 1. The molecule has 0 bridgehead atoms. The van der Waals surface area contributed by atoms with Gasteiger partial charge in [0.25, 0.3) is 5.91 Å². The van der Waals surface area contributed by atoms with Gasteiger partial charge in [0, 0.05) is 31.3 Å². The molecule has 1 amide bonds. The van der Waals surface area contributed by atoms with Gasteiger partial charge in [-0.25, -0.2) is 0 Å². The lowest BCUT2D eigenvalue weighted by molar-refractivity contribution is 0.0710. The maximum Gasteiger partial charge on any atom is 0.253 e. The molecule has 0 aliphatic carbocycles. The summed E-state index contributed by atoms with van der Waals surface area (Å²) >= 11 is 0. The van der Waals surface area contributed by atoms with Gasteiger partial charge in [-0.05, 0) is 31.5 Å². The minimum Gasteiger partial charge on any atom is -0.384 e. The summed E-state index contributed by atoms with van der Waals surface area (Å²) in [5.41, 5.74) is 2.35. The van der Waals surface area contributed by atoms with Crippen LogP contribution in [0.15, 0.2) is 18.2 Å². The number of hydrogen-bond donors (Lipinski definition) is 1. The molecule has 0 aliphatic heterocycles. The van der Waals surface area contributed by atoms with E-state index in [1.165, 1.54) is 0 Å². The van der Waals surface area contributed by atoms with Crippen LogP contribution in [-0.4, -0.2) is 49.3 Å². The van der Waals surface area contributed by atoms with E-state index in [4.69, 9.17) is 9.84 Å². The second-order valence-corrected chi connectivity index (χ2v) is 4.41. The van der Waals surface area contributed by atoms with Gasteiger partial charge in [0.05, 0.1) is 6.61 Å². The molecule has 0 heterocycles. The molecule has 108 valence electrons. The van der Waals surface area contributed by atoms with Crippen molar-refractivity contribution in [3.63, 3.8) is 0 Å². The van der Waals surface area contributed by atoms with Gasteiger partial charge in [0.2, 0.25) is 0 Å². The molecule has 0 saturated heterocycles. The molecule has 1 rings (SSSR count). The standard InChI is InChI=1S/C16H21NO3/c1-4-20-11-9-17(3)16(19)15-8-7-13(2)14(12-15)6-5-10-18/h7-8,12,18H,4,9-11H2,1-3H3. The maximum absolute atomic E-state index is 12.2. The summed E-state index contributed by atoms with van der Waals surface area (Å²) in [6.07, 6.45) is 0. The van der Waals surface area contributed by atoms with Gasteiger partial charge >= 0.3 is 0 Å². The van der Waals surface area contributed by atoms with Gasteiger partial charge in [0.15, 0.2) is 0 Å². The van der Waals surface area contributed by atoms with Crippen LogP contribution in [0, 0.1) is 18.8 Å². The normalized spacial score (nSPS) is 9.80. The average Bonchev–Trinajstić information content (AvgIpc) is 2.45. The Labute approximate surface area is 120 Å². The highest BCUT2D eigenvalue weighted by molar-refractivity contribution is 5.94. The van der Waals surface area contributed by atoms with Crippen LogP contribution in [0.5, 0.6) is 0 Å². The minimum atomic E-state index is -0.189. The van der Waals surface area contributed by atoms with Crippen molar-refractivity contribution < 1.29 is 14.6 Å². The van der Waals surface area contributed by atoms with E-state index < -0.39 is 0 Å². The second kappa shape index (κ2) is 8.36. The van der Waals surface area contributed by atoms with Gasteiger partial charge < -0.3 is 14.7 Å². The van der Waals surface area contributed by atoms with Crippen LogP contribution in [0.3, 0.4) is 0 Å². The number of carbonyl (C=O) groups excluding carboxylic acids is 1. The number of benzene rings is 1. The van der Waals surface area contributed by atoms with E-state index in [2.05, 4.69) is 11.8 Å². The first kappa shape index (κ1) is 16.2. The molecule has 4 nitrogen and oxygen atoms in total. The number of hydrogen-bond acceptors (Lipinski definition) is 3. The largest absolute Gasteiger partial charge is 0.384 e. The zero-order valence-electron chi connectivity index (χ0n) is 12.3. The zero-order valence-corrected chi connectivity index (χ0v) is 12.3. The smallest absolute Gasteiger partial charge is 0.253 e. The number of aliphatic hydroxyl groups excluding tert-OH is 1. The molecule has 1 aromatic carbocycles. The lowest BCUT2D eigenvalue weighted by atomic mass is 10.0. The Morgan fingerprint density at radius 2 is 2.20 bits per heavy atom. The van der Waals surface area contributed by atoms with Crippen LogP contribution in [0.1, 0.15) is 28.4 Å². The van der Waals surface area contributed by atoms with E-state index in [0.717, 1.165) is 11.1 Å². The fourth-order valence-corrected chi connectivity index (χ4v) is 1.69.